The summed E-state index contributed by atoms with van der Waals surface area (Å²) in [5.74, 6) is -0.470. The van der Waals surface area contributed by atoms with E-state index in [0.717, 1.165) is 29.3 Å². The lowest BCUT2D eigenvalue weighted by molar-refractivity contribution is 0.0227. The second-order valence-electron chi connectivity index (χ2n) is 6.94. The summed E-state index contributed by atoms with van der Waals surface area (Å²) in [4.78, 5) is 13.6. The minimum Gasteiger partial charge on any atom is -0.398 e. The van der Waals surface area contributed by atoms with Crippen molar-refractivity contribution < 1.29 is 9.13 Å². The van der Waals surface area contributed by atoms with Crippen molar-refractivity contribution in [2.24, 2.45) is 10.7 Å². The van der Waals surface area contributed by atoms with Gasteiger partial charge in [-0.3, -0.25) is 9.98 Å². The van der Waals surface area contributed by atoms with Crippen LogP contribution in [-0.4, -0.2) is 29.0 Å². The third-order valence-corrected chi connectivity index (χ3v) is 5.48. The van der Waals surface area contributed by atoms with E-state index in [-0.39, 0.29) is 17.5 Å². The molecule has 3 aromatic rings. The topological polar surface area (TPSA) is 73.4 Å². The Labute approximate surface area is 187 Å². The van der Waals surface area contributed by atoms with Gasteiger partial charge in [-0.05, 0) is 71.6 Å². The van der Waals surface area contributed by atoms with Crippen LogP contribution in [0.4, 0.5) is 4.39 Å². The van der Waals surface area contributed by atoms with Gasteiger partial charge < -0.3 is 10.5 Å². The van der Waals surface area contributed by atoms with Crippen molar-refractivity contribution in [2.75, 3.05) is 6.61 Å². The normalized spacial score (nSPS) is 18.0. The molecule has 1 unspecified atom stereocenters. The Balaban J connectivity index is 1.84. The molecule has 154 valence electrons. The summed E-state index contributed by atoms with van der Waals surface area (Å²) >= 11 is 9.49. The van der Waals surface area contributed by atoms with Crippen LogP contribution in [0, 0.1) is 5.82 Å². The van der Waals surface area contributed by atoms with Gasteiger partial charge in [-0.1, -0.05) is 11.6 Å². The molecule has 0 amide bonds. The van der Waals surface area contributed by atoms with Crippen LogP contribution in [0.5, 0.6) is 0 Å². The SMILES string of the molecule is N/C(=C(\C=N\C1CCCCO1)c1ccc2ncc(Br)cc2n1)c1cc(Cl)ccc1F. The van der Waals surface area contributed by atoms with Gasteiger partial charge in [-0.15, -0.1) is 0 Å². The average molecular weight is 490 g/mol. The van der Waals surface area contributed by atoms with E-state index in [4.69, 9.17) is 22.1 Å². The molecule has 0 radical (unpaired) electrons. The van der Waals surface area contributed by atoms with Gasteiger partial charge in [-0.25, -0.2) is 9.37 Å². The van der Waals surface area contributed by atoms with Gasteiger partial charge in [0.2, 0.25) is 0 Å². The second-order valence-corrected chi connectivity index (χ2v) is 8.29. The highest BCUT2D eigenvalue weighted by Crippen LogP contribution is 2.27. The molecule has 4 rings (SSSR count). The summed E-state index contributed by atoms with van der Waals surface area (Å²) < 4.78 is 21.0. The van der Waals surface area contributed by atoms with Gasteiger partial charge in [0, 0.05) is 39.7 Å². The largest absolute Gasteiger partial charge is 0.398 e. The van der Waals surface area contributed by atoms with Crippen molar-refractivity contribution in [1.29, 1.82) is 0 Å². The lowest BCUT2D eigenvalue weighted by atomic mass is 10.0. The molecule has 5 nitrogen and oxygen atoms in total. The molecule has 0 aliphatic carbocycles. The minimum absolute atomic E-state index is 0.197. The zero-order valence-corrected chi connectivity index (χ0v) is 18.3. The fourth-order valence-electron chi connectivity index (χ4n) is 3.25. The van der Waals surface area contributed by atoms with Crippen LogP contribution in [0.15, 0.2) is 52.1 Å². The number of aromatic nitrogens is 2. The molecule has 1 aliphatic heterocycles. The van der Waals surface area contributed by atoms with Crippen molar-refractivity contribution in [3.8, 4) is 0 Å². The summed E-state index contributed by atoms with van der Waals surface area (Å²) in [6.45, 7) is 0.674. The Morgan fingerprint density at radius 3 is 2.90 bits per heavy atom. The molecule has 2 aromatic heterocycles. The van der Waals surface area contributed by atoms with Crippen molar-refractivity contribution in [1.82, 2.24) is 9.97 Å². The number of pyridine rings is 2. The number of nitrogens with zero attached hydrogens (tertiary/aromatic N) is 3. The number of hydrogen-bond donors (Lipinski definition) is 1. The molecule has 1 fully saturated rings. The molecular weight excluding hydrogens is 471 g/mol. The molecular formula is C22H19BrClFN4O. The van der Waals surface area contributed by atoms with Crippen LogP contribution in [-0.2, 0) is 4.74 Å². The fraction of sp³-hybridized carbons (Fsp3) is 0.227. The Bertz CT molecular complexity index is 1150. The average Bonchev–Trinajstić information content (AvgIpc) is 2.76. The van der Waals surface area contributed by atoms with E-state index < -0.39 is 5.82 Å². The Hall–Kier alpha value is -2.35. The molecule has 1 atom stereocenters. The molecule has 1 saturated heterocycles. The Morgan fingerprint density at radius 1 is 1.23 bits per heavy atom. The van der Waals surface area contributed by atoms with Gasteiger partial charge >= 0.3 is 0 Å². The molecule has 3 heterocycles. The molecule has 2 N–H and O–H groups in total. The van der Waals surface area contributed by atoms with Gasteiger partial charge in [-0.2, -0.15) is 0 Å². The first-order valence-corrected chi connectivity index (χ1v) is 10.7. The predicted molar refractivity (Wildman–Crippen MR) is 122 cm³/mol. The third kappa shape index (κ3) is 4.69. The highest BCUT2D eigenvalue weighted by Gasteiger charge is 2.16. The molecule has 8 heteroatoms. The minimum atomic E-state index is -0.470. The zero-order chi connectivity index (χ0) is 21.1. The second kappa shape index (κ2) is 9.20. The van der Waals surface area contributed by atoms with E-state index in [1.165, 1.54) is 18.2 Å². The summed E-state index contributed by atoms with van der Waals surface area (Å²) in [6, 6.07) is 9.77. The summed E-state index contributed by atoms with van der Waals surface area (Å²) in [6.07, 6.45) is 5.98. The van der Waals surface area contributed by atoms with Gasteiger partial charge in [0.25, 0.3) is 0 Å². The number of nitrogens with two attached hydrogens (primary N) is 1. The standard InChI is InChI=1S/C22H19BrClFN4O/c23-13-9-20-19(27-11-13)7-6-18(29-20)16(12-28-21-3-1-2-8-30-21)22(26)15-10-14(24)4-5-17(15)25/h4-7,9-12,21H,1-3,8,26H2/b22-16+,28-12+. The van der Waals surface area contributed by atoms with Crippen LogP contribution in [0.2, 0.25) is 5.02 Å². The van der Waals surface area contributed by atoms with E-state index in [1.807, 2.05) is 12.1 Å². The highest BCUT2D eigenvalue weighted by atomic mass is 79.9. The van der Waals surface area contributed by atoms with Crippen LogP contribution in [0.1, 0.15) is 30.5 Å². The van der Waals surface area contributed by atoms with E-state index in [0.29, 0.717) is 28.4 Å². The molecule has 1 aliphatic rings. The lowest BCUT2D eigenvalue weighted by Gasteiger charge is -2.19. The monoisotopic (exact) mass is 488 g/mol. The predicted octanol–water partition coefficient (Wildman–Crippen LogP) is 5.61. The highest BCUT2D eigenvalue weighted by molar-refractivity contribution is 9.10. The van der Waals surface area contributed by atoms with E-state index >= 15 is 0 Å². The molecule has 0 spiro atoms. The van der Waals surface area contributed by atoms with Gasteiger partial charge in [0.1, 0.15) is 12.0 Å². The molecule has 0 bridgehead atoms. The first-order chi connectivity index (χ1) is 14.5. The zero-order valence-electron chi connectivity index (χ0n) is 16.0. The van der Waals surface area contributed by atoms with Crippen LogP contribution in [0.3, 0.4) is 0 Å². The summed E-state index contributed by atoms with van der Waals surface area (Å²) in [5, 5.41) is 0.390. The summed E-state index contributed by atoms with van der Waals surface area (Å²) in [7, 11) is 0. The van der Waals surface area contributed by atoms with E-state index in [1.54, 1.807) is 18.5 Å². The van der Waals surface area contributed by atoms with E-state index in [2.05, 4.69) is 30.9 Å². The Kier molecular flexibility index (Phi) is 6.41. The molecule has 0 saturated carbocycles. The summed E-state index contributed by atoms with van der Waals surface area (Å²) in [5.41, 5.74) is 9.28. The van der Waals surface area contributed by atoms with Crippen molar-refractivity contribution in [2.45, 2.75) is 25.5 Å². The van der Waals surface area contributed by atoms with Crippen LogP contribution >= 0.6 is 27.5 Å². The van der Waals surface area contributed by atoms with Crippen molar-refractivity contribution in [3.63, 3.8) is 0 Å². The first kappa shape index (κ1) is 20.9. The maximum absolute atomic E-state index is 14.5. The van der Waals surface area contributed by atoms with E-state index in [9.17, 15) is 4.39 Å². The number of rotatable bonds is 4. The lowest BCUT2D eigenvalue weighted by Crippen LogP contribution is -2.17. The smallest absolute Gasteiger partial charge is 0.148 e. The number of aliphatic imine (C=N–C) groups is 1. The number of benzene rings is 1. The number of fused-ring (bicyclic) bond motifs is 1. The van der Waals surface area contributed by atoms with Gasteiger partial charge in [0.05, 0.1) is 22.4 Å². The number of ether oxygens (including phenoxy) is 1. The maximum Gasteiger partial charge on any atom is 0.148 e. The van der Waals surface area contributed by atoms with Crippen LogP contribution < -0.4 is 5.73 Å². The van der Waals surface area contributed by atoms with Gasteiger partial charge in [0.15, 0.2) is 0 Å². The number of halogens is 3. The molecule has 30 heavy (non-hydrogen) atoms. The number of allylic oxidation sites excluding steroid dienone is 1. The number of hydrogen-bond acceptors (Lipinski definition) is 5. The van der Waals surface area contributed by atoms with Crippen molar-refractivity contribution >= 4 is 56.0 Å². The Morgan fingerprint density at radius 2 is 2.10 bits per heavy atom. The van der Waals surface area contributed by atoms with Crippen LogP contribution in [0.25, 0.3) is 22.3 Å². The molecule has 1 aromatic carbocycles. The fourth-order valence-corrected chi connectivity index (χ4v) is 3.74. The first-order valence-electron chi connectivity index (χ1n) is 9.54. The maximum atomic E-state index is 14.5. The quantitative estimate of drug-likeness (QED) is 0.484. The van der Waals surface area contributed by atoms with Crippen molar-refractivity contribution in [3.05, 3.63) is 69.2 Å². The third-order valence-electron chi connectivity index (χ3n) is 4.81.